The molecule has 2 aliphatic heterocycles. The molecule has 0 amide bonds. The van der Waals surface area contributed by atoms with E-state index in [2.05, 4.69) is 0 Å². The van der Waals surface area contributed by atoms with Crippen LogP contribution >= 0.6 is 0 Å². The van der Waals surface area contributed by atoms with E-state index in [1.165, 1.54) is 56.7 Å². The van der Waals surface area contributed by atoms with Crippen molar-refractivity contribution in [3.63, 3.8) is 0 Å². The van der Waals surface area contributed by atoms with E-state index >= 15 is 0 Å². The Bertz CT molecular complexity index is 1690. The number of phenols is 4. The van der Waals surface area contributed by atoms with Gasteiger partial charge in [-0.15, -0.1) is 0 Å². The van der Waals surface area contributed by atoms with Crippen LogP contribution in [-0.2, 0) is 14.3 Å². The van der Waals surface area contributed by atoms with Gasteiger partial charge in [0.05, 0.1) is 27.2 Å². The molecule has 7 N–H and O–H groups in total. The number of carbonyl (C=O) groups is 2. The number of hydrogen-bond donors (Lipinski definition) is 7. The second kappa shape index (κ2) is 13.6. The first-order valence-corrected chi connectivity index (χ1v) is 14.2. The van der Waals surface area contributed by atoms with Crippen molar-refractivity contribution in [2.75, 3.05) is 20.8 Å². The Labute approximate surface area is 267 Å². The minimum Gasteiger partial charge on any atom is -0.508 e. The van der Waals surface area contributed by atoms with Gasteiger partial charge in [-0.1, -0.05) is 6.07 Å². The number of methoxy groups -OCH3 is 2. The van der Waals surface area contributed by atoms with Gasteiger partial charge in [0.1, 0.15) is 47.2 Å². The molecule has 5 rings (SSSR count). The molecule has 2 heterocycles. The number of phenolic OH excluding ortho intramolecular Hbond substituents is 4. The van der Waals surface area contributed by atoms with E-state index in [9.17, 15) is 45.3 Å². The van der Waals surface area contributed by atoms with E-state index < -0.39 is 66.7 Å². The molecule has 0 aliphatic carbocycles. The molecule has 0 bridgehead atoms. The first-order chi connectivity index (χ1) is 22.4. The lowest BCUT2D eigenvalue weighted by Gasteiger charge is -2.41. The number of fused-ring (bicyclic) bond motifs is 1. The highest BCUT2D eigenvalue weighted by molar-refractivity contribution is 6.03. The smallest absolute Gasteiger partial charge is 0.331 e. The molecule has 0 spiro atoms. The number of aliphatic hydroxyl groups excluding tert-OH is 3. The molecule has 1 fully saturated rings. The molecule has 47 heavy (non-hydrogen) atoms. The number of carbonyl (C=O) groups excluding carboxylic acids is 2. The minimum absolute atomic E-state index is 0.0657. The number of esters is 1. The molecule has 15 nitrogen and oxygen atoms in total. The SMILES string of the molecule is COc1cc(/C=C/C(=O)O[C@H]2[C@H](Oc3ccc(O)cc3[C@@H]3CC(=O)c4c(cc(O)c(OC)c4O)O3)O[C@H](CO)[C@@H](O)[C@@H]2O)ccc1O. The molecule has 3 aromatic carbocycles. The van der Waals surface area contributed by atoms with Crippen LogP contribution in [0.4, 0.5) is 0 Å². The Morgan fingerprint density at radius 1 is 0.957 bits per heavy atom. The summed E-state index contributed by atoms with van der Waals surface area (Å²) in [6.07, 6.45) is -7.25. The number of benzene rings is 3. The lowest BCUT2D eigenvalue weighted by Crippen LogP contribution is -2.61. The van der Waals surface area contributed by atoms with E-state index in [0.717, 1.165) is 12.1 Å². The van der Waals surface area contributed by atoms with Crippen LogP contribution in [0.2, 0.25) is 0 Å². The molecule has 2 aliphatic rings. The van der Waals surface area contributed by atoms with Crippen LogP contribution in [0.15, 0.2) is 48.5 Å². The molecule has 0 unspecified atom stereocenters. The standard InChI is InChI=1S/C32H32O15/c1-42-22-9-14(3-6-17(22)35)4-8-25(38)47-31-29(41)27(39)24(13-33)46-32(31)45-20-7-5-15(34)10-16(20)21-11-18(36)26-23(44-21)12-19(37)30(43-2)28(26)40/h3-10,12,21,24,27,29,31-35,37,39-41H,11,13H2,1-2H3/b8-4+/t21-,24+,27+,29-,31+,32+/m0/s1. The Hall–Kier alpha value is -5.22. The van der Waals surface area contributed by atoms with Gasteiger partial charge >= 0.3 is 5.97 Å². The van der Waals surface area contributed by atoms with Gasteiger partial charge in [0.2, 0.25) is 12.0 Å². The molecule has 0 saturated carbocycles. The van der Waals surface area contributed by atoms with Crippen LogP contribution in [-0.4, -0.2) is 99.0 Å². The number of aromatic hydroxyl groups is 4. The molecule has 0 aromatic heterocycles. The normalized spacial score (nSPS) is 23.9. The molecular weight excluding hydrogens is 624 g/mol. The highest BCUT2D eigenvalue weighted by Gasteiger charge is 2.48. The molecule has 3 aromatic rings. The number of hydrogen-bond acceptors (Lipinski definition) is 15. The average molecular weight is 657 g/mol. The van der Waals surface area contributed by atoms with Crippen molar-refractivity contribution < 1.29 is 73.8 Å². The van der Waals surface area contributed by atoms with Gasteiger partial charge in [-0.05, 0) is 42.0 Å². The van der Waals surface area contributed by atoms with Crippen molar-refractivity contribution in [1.82, 2.24) is 0 Å². The summed E-state index contributed by atoms with van der Waals surface area (Å²) in [7, 11) is 2.56. The molecule has 250 valence electrons. The van der Waals surface area contributed by atoms with E-state index in [-0.39, 0.29) is 52.0 Å². The zero-order valence-electron chi connectivity index (χ0n) is 25.0. The zero-order chi connectivity index (χ0) is 34.0. The third-order valence-electron chi connectivity index (χ3n) is 7.60. The van der Waals surface area contributed by atoms with E-state index in [1.54, 1.807) is 0 Å². The van der Waals surface area contributed by atoms with Crippen molar-refractivity contribution in [1.29, 1.82) is 0 Å². The van der Waals surface area contributed by atoms with Crippen LogP contribution in [0, 0.1) is 0 Å². The van der Waals surface area contributed by atoms with Crippen molar-refractivity contribution >= 4 is 17.8 Å². The summed E-state index contributed by atoms with van der Waals surface area (Å²) in [5.41, 5.74) is 0.334. The van der Waals surface area contributed by atoms with Crippen LogP contribution in [0.3, 0.4) is 0 Å². The van der Waals surface area contributed by atoms with Crippen molar-refractivity contribution in [2.24, 2.45) is 0 Å². The first-order valence-electron chi connectivity index (χ1n) is 14.2. The molecular formula is C32H32O15. The van der Waals surface area contributed by atoms with Crippen LogP contribution < -0.4 is 18.9 Å². The topological polar surface area (TPSA) is 231 Å². The van der Waals surface area contributed by atoms with Gasteiger partial charge in [0.25, 0.3) is 0 Å². The maximum absolute atomic E-state index is 13.1. The van der Waals surface area contributed by atoms with E-state index in [0.29, 0.717) is 5.56 Å². The minimum atomic E-state index is -1.79. The number of aliphatic hydroxyl groups is 3. The summed E-state index contributed by atoms with van der Waals surface area (Å²) in [4.78, 5) is 26.0. The average Bonchev–Trinajstić information content (AvgIpc) is 3.04. The third-order valence-corrected chi connectivity index (χ3v) is 7.60. The lowest BCUT2D eigenvalue weighted by atomic mass is 9.94. The van der Waals surface area contributed by atoms with Gasteiger partial charge in [0.15, 0.2) is 34.9 Å². The van der Waals surface area contributed by atoms with Crippen molar-refractivity contribution in [2.45, 2.75) is 43.2 Å². The first kappa shape index (κ1) is 33.2. The summed E-state index contributed by atoms with van der Waals surface area (Å²) in [6.45, 7) is -0.739. The molecule has 15 heteroatoms. The van der Waals surface area contributed by atoms with Crippen molar-refractivity contribution in [3.05, 3.63) is 65.2 Å². The zero-order valence-corrected chi connectivity index (χ0v) is 25.0. The predicted octanol–water partition coefficient (Wildman–Crippen LogP) is 1.68. The van der Waals surface area contributed by atoms with E-state index in [1.807, 2.05) is 0 Å². The molecule has 1 saturated heterocycles. The fourth-order valence-electron chi connectivity index (χ4n) is 5.25. The highest BCUT2D eigenvalue weighted by Crippen LogP contribution is 2.49. The Kier molecular flexibility index (Phi) is 9.62. The second-order valence-electron chi connectivity index (χ2n) is 10.6. The second-order valence-corrected chi connectivity index (χ2v) is 10.6. The van der Waals surface area contributed by atoms with Gasteiger partial charge < -0.3 is 64.2 Å². The van der Waals surface area contributed by atoms with Crippen LogP contribution in [0.1, 0.15) is 34.0 Å². The summed E-state index contributed by atoms with van der Waals surface area (Å²) in [5.74, 6) is -3.42. The van der Waals surface area contributed by atoms with Crippen molar-refractivity contribution in [3.8, 4) is 46.0 Å². The number of ketones is 1. The fourth-order valence-corrected chi connectivity index (χ4v) is 5.25. The Morgan fingerprint density at radius 3 is 2.43 bits per heavy atom. The monoisotopic (exact) mass is 656 g/mol. The Balaban J connectivity index is 1.42. The number of ether oxygens (including phenoxy) is 6. The van der Waals surface area contributed by atoms with Gasteiger partial charge in [-0.3, -0.25) is 4.79 Å². The van der Waals surface area contributed by atoms with Gasteiger partial charge in [0, 0.05) is 17.7 Å². The molecule has 0 radical (unpaired) electrons. The summed E-state index contributed by atoms with van der Waals surface area (Å²) in [5, 5.41) is 72.0. The summed E-state index contributed by atoms with van der Waals surface area (Å²) >= 11 is 0. The Morgan fingerprint density at radius 2 is 1.72 bits per heavy atom. The van der Waals surface area contributed by atoms with Gasteiger partial charge in [-0.25, -0.2) is 4.79 Å². The number of Topliss-reactive ketones (excluding diaryl/α,β-unsaturated/α-hetero) is 1. The number of rotatable bonds is 9. The van der Waals surface area contributed by atoms with Gasteiger partial charge in [-0.2, -0.15) is 0 Å². The highest BCUT2D eigenvalue weighted by atomic mass is 16.7. The quantitative estimate of drug-likeness (QED) is 0.128. The lowest BCUT2D eigenvalue weighted by molar-refractivity contribution is -0.281. The maximum atomic E-state index is 13.1. The molecule has 6 atom stereocenters. The fraction of sp³-hybridized carbons (Fsp3) is 0.312. The maximum Gasteiger partial charge on any atom is 0.331 e. The predicted molar refractivity (Wildman–Crippen MR) is 159 cm³/mol. The summed E-state index contributed by atoms with van der Waals surface area (Å²) < 4.78 is 33.0. The largest absolute Gasteiger partial charge is 0.508 e. The van der Waals surface area contributed by atoms with Crippen LogP contribution in [0.5, 0.6) is 46.0 Å². The van der Waals surface area contributed by atoms with Crippen LogP contribution in [0.25, 0.3) is 6.08 Å². The summed E-state index contributed by atoms with van der Waals surface area (Å²) in [6, 6.07) is 9.18. The van der Waals surface area contributed by atoms with E-state index in [4.69, 9.17) is 28.4 Å². The third kappa shape index (κ3) is 6.69.